The number of benzene rings is 1. The lowest BCUT2D eigenvalue weighted by Crippen LogP contribution is -2.43. The van der Waals surface area contributed by atoms with Crippen molar-refractivity contribution in [1.82, 2.24) is 14.6 Å². The molecule has 1 saturated heterocycles. The number of hydrogen-bond donors (Lipinski definition) is 0. The quantitative estimate of drug-likeness (QED) is 0.820. The molecule has 3 rings (SSSR count). The van der Waals surface area contributed by atoms with E-state index >= 15 is 0 Å². The first-order chi connectivity index (χ1) is 11.4. The third-order valence-corrected chi connectivity index (χ3v) is 6.41. The van der Waals surface area contributed by atoms with Gasteiger partial charge in [-0.15, -0.1) is 0 Å². The highest BCUT2D eigenvalue weighted by Crippen LogP contribution is 2.31. The van der Waals surface area contributed by atoms with Gasteiger partial charge in [0.15, 0.2) is 5.52 Å². The molecule has 1 aliphatic heterocycles. The maximum absolute atomic E-state index is 13.2. The van der Waals surface area contributed by atoms with Crippen molar-refractivity contribution in [2.45, 2.75) is 51.0 Å². The van der Waals surface area contributed by atoms with Gasteiger partial charge in [0.25, 0.3) is 0 Å². The molecule has 8 heteroatoms. The van der Waals surface area contributed by atoms with E-state index in [0.717, 1.165) is 24.8 Å². The van der Waals surface area contributed by atoms with Crippen LogP contribution in [0.5, 0.6) is 0 Å². The number of ether oxygens (including phenoxy) is 1. The SMILES string of the molecule is CCCOC1CCCN(S(=O)(=O)c2c(C)cc(C)c3nonc23)C1. The molecular formula is C16H23N3O4S. The Morgan fingerprint density at radius 3 is 2.79 bits per heavy atom. The van der Waals surface area contributed by atoms with Gasteiger partial charge < -0.3 is 4.74 Å². The zero-order valence-electron chi connectivity index (χ0n) is 14.3. The Morgan fingerprint density at radius 1 is 1.29 bits per heavy atom. The van der Waals surface area contributed by atoms with Crippen molar-refractivity contribution in [2.24, 2.45) is 0 Å². The first-order valence-corrected chi connectivity index (χ1v) is 9.73. The Labute approximate surface area is 142 Å². The number of aryl methyl sites for hydroxylation is 2. The lowest BCUT2D eigenvalue weighted by molar-refractivity contribution is 0.0193. The Morgan fingerprint density at radius 2 is 2.04 bits per heavy atom. The van der Waals surface area contributed by atoms with Crippen molar-refractivity contribution in [3.05, 3.63) is 17.2 Å². The predicted octanol–water partition coefficient (Wildman–Crippen LogP) is 2.42. The van der Waals surface area contributed by atoms with Crippen molar-refractivity contribution in [2.75, 3.05) is 19.7 Å². The minimum absolute atomic E-state index is 0.0508. The second-order valence-corrected chi connectivity index (χ2v) is 8.17. The van der Waals surface area contributed by atoms with Crippen molar-refractivity contribution < 1.29 is 17.8 Å². The van der Waals surface area contributed by atoms with Gasteiger partial charge in [-0.1, -0.05) is 13.0 Å². The normalized spacial score (nSPS) is 19.9. The molecule has 0 aliphatic carbocycles. The summed E-state index contributed by atoms with van der Waals surface area (Å²) >= 11 is 0. The summed E-state index contributed by atoms with van der Waals surface area (Å²) in [4.78, 5) is 0.195. The molecule has 0 radical (unpaired) electrons. The molecule has 0 spiro atoms. The third kappa shape index (κ3) is 3.05. The molecule has 1 aliphatic rings. The molecule has 1 aromatic heterocycles. The molecule has 2 heterocycles. The minimum Gasteiger partial charge on any atom is -0.377 e. The Hall–Kier alpha value is -1.51. The zero-order valence-corrected chi connectivity index (χ0v) is 15.1. The highest BCUT2D eigenvalue weighted by molar-refractivity contribution is 7.89. The highest BCUT2D eigenvalue weighted by Gasteiger charge is 2.34. The third-order valence-electron chi connectivity index (χ3n) is 4.36. The van der Waals surface area contributed by atoms with E-state index in [2.05, 4.69) is 10.3 Å². The molecule has 1 atom stereocenters. The van der Waals surface area contributed by atoms with Crippen LogP contribution in [-0.2, 0) is 14.8 Å². The monoisotopic (exact) mass is 353 g/mol. The Bertz CT molecular complexity index is 831. The smallest absolute Gasteiger partial charge is 0.245 e. The fourth-order valence-electron chi connectivity index (χ4n) is 3.24. The molecule has 0 saturated carbocycles. The topological polar surface area (TPSA) is 85.5 Å². The average Bonchev–Trinajstić information content (AvgIpc) is 3.02. The maximum Gasteiger partial charge on any atom is 0.245 e. The van der Waals surface area contributed by atoms with Crippen LogP contribution in [-0.4, -0.2) is 48.8 Å². The van der Waals surface area contributed by atoms with Crippen molar-refractivity contribution in [3.63, 3.8) is 0 Å². The standard InChI is InChI=1S/C16H23N3O4S/c1-4-8-22-13-6-5-7-19(10-13)24(20,21)16-12(3)9-11(2)14-15(16)18-23-17-14/h9,13H,4-8,10H2,1-3H3. The minimum atomic E-state index is -3.67. The number of rotatable bonds is 5. The van der Waals surface area contributed by atoms with E-state index in [1.165, 1.54) is 4.31 Å². The fourth-order valence-corrected chi connectivity index (χ4v) is 5.07. The molecule has 24 heavy (non-hydrogen) atoms. The van der Waals surface area contributed by atoms with E-state index in [1.807, 2.05) is 19.9 Å². The van der Waals surface area contributed by atoms with Gasteiger partial charge in [0.1, 0.15) is 10.4 Å². The fraction of sp³-hybridized carbons (Fsp3) is 0.625. The van der Waals surface area contributed by atoms with Gasteiger partial charge in [-0.25, -0.2) is 13.0 Å². The number of fused-ring (bicyclic) bond motifs is 1. The zero-order chi connectivity index (χ0) is 17.3. The van der Waals surface area contributed by atoms with Gasteiger partial charge in [-0.2, -0.15) is 4.31 Å². The number of hydrogen-bond acceptors (Lipinski definition) is 6. The van der Waals surface area contributed by atoms with Crippen molar-refractivity contribution in [1.29, 1.82) is 0 Å². The summed E-state index contributed by atoms with van der Waals surface area (Å²) in [5.74, 6) is 0. The van der Waals surface area contributed by atoms with Crippen LogP contribution >= 0.6 is 0 Å². The summed E-state index contributed by atoms with van der Waals surface area (Å²) in [7, 11) is -3.67. The van der Waals surface area contributed by atoms with Gasteiger partial charge >= 0.3 is 0 Å². The number of nitrogens with zero attached hydrogens (tertiary/aromatic N) is 3. The highest BCUT2D eigenvalue weighted by atomic mass is 32.2. The van der Waals surface area contributed by atoms with E-state index in [0.29, 0.717) is 36.3 Å². The van der Waals surface area contributed by atoms with Crippen LogP contribution in [0.2, 0.25) is 0 Å². The van der Waals surface area contributed by atoms with E-state index in [4.69, 9.17) is 9.37 Å². The lowest BCUT2D eigenvalue weighted by atomic mass is 10.1. The number of sulfonamides is 1. The molecule has 0 N–H and O–H groups in total. The van der Waals surface area contributed by atoms with E-state index in [-0.39, 0.29) is 11.0 Å². The number of piperidine rings is 1. The van der Waals surface area contributed by atoms with Gasteiger partial charge in [-0.3, -0.25) is 0 Å². The Kier molecular flexibility index (Phi) is 4.89. The molecular weight excluding hydrogens is 330 g/mol. The summed E-state index contributed by atoms with van der Waals surface area (Å²) in [5, 5.41) is 7.69. The van der Waals surface area contributed by atoms with Gasteiger partial charge in [0.2, 0.25) is 10.0 Å². The van der Waals surface area contributed by atoms with E-state index in [9.17, 15) is 8.42 Å². The second-order valence-electron chi connectivity index (χ2n) is 6.30. The van der Waals surface area contributed by atoms with Crippen LogP contribution < -0.4 is 0 Å². The van der Waals surface area contributed by atoms with Crippen LogP contribution in [0.1, 0.15) is 37.3 Å². The molecule has 2 aromatic rings. The van der Waals surface area contributed by atoms with Crippen LogP contribution in [0.3, 0.4) is 0 Å². The van der Waals surface area contributed by atoms with Crippen LogP contribution in [0.15, 0.2) is 15.6 Å². The summed E-state index contributed by atoms with van der Waals surface area (Å²) in [6.45, 7) is 7.21. The van der Waals surface area contributed by atoms with Crippen LogP contribution in [0.4, 0.5) is 0 Å². The van der Waals surface area contributed by atoms with Crippen molar-refractivity contribution >= 4 is 21.1 Å². The van der Waals surface area contributed by atoms with Gasteiger partial charge in [-0.05, 0) is 54.6 Å². The summed E-state index contributed by atoms with van der Waals surface area (Å²) in [6, 6.07) is 1.81. The molecule has 1 fully saturated rings. The Balaban J connectivity index is 1.98. The van der Waals surface area contributed by atoms with E-state index < -0.39 is 10.0 Å². The summed E-state index contributed by atoms with van der Waals surface area (Å²) in [5.41, 5.74) is 2.32. The predicted molar refractivity (Wildman–Crippen MR) is 89.3 cm³/mol. The second kappa shape index (κ2) is 6.78. The van der Waals surface area contributed by atoms with Crippen LogP contribution in [0, 0.1) is 13.8 Å². The summed E-state index contributed by atoms with van der Waals surface area (Å²) in [6.07, 6.45) is 2.55. The van der Waals surface area contributed by atoms with E-state index in [1.54, 1.807) is 6.92 Å². The van der Waals surface area contributed by atoms with Crippen LogP contribution in [0.25, 0.3) is 11.0 Å². The molecule has 132 valence electrons. The van der Waals surface area contributed by atoms with Gasteiger partial charge in [0.05, 0.1) is 6.10 Å². The lowest BCUT2D eigenvalue weighted by Gasteiger charge is -2.32. The molecule has 0 amide bonds. The molecule has 1 aromatic carbocycles. The maximum atomic E-state index is 13.2. The number of aromatic nitrogens is 2. The summed E-state index contributed by atoms with van der Waals surface area (Å²) < 4.78 is 38.5. The average molecular weight is 353 g/mol. The molecule has 0 bridgehead atoms. The van der Waals surface area contributed by atoms with Crippen molar-refractivity contribution in [3.8, 4) is 0 Å². The molecule has 7 nitrogen and oxygen atoms in total. The van der Waals surface area contributed by atoms with Gasteiger partial charge in [0, 0.05) is 19.7 Å². The first kappa shape index (κ1) is 17.3. The first-order valence-electron chi connectivity index (χ1n) is 8.29. The molecule has 1 unspecified atom stereocenters. The largest absolute Gasteiger partial charge is 0.377 e.